The second-order valence-corrected chi connectivity index (χ2v) is 9.12. The Morgan fingerprint density at radius 3 is 1.78 bits per heavy atom. The fourth-order valence-electron chi connectivity index (χ4n) is 1.56. The highest BCUT2D eigenvalue weighted by atomic mass is 35.6. The van der Waals surface area contributed by atoms with Gasteiger partial charge in [-0.3, -0.25) is 0 Å². The second kappa shape index (κ2) is 7.12. The highest BCUT2D eigenvalue weighted by Crippen LogP contribution is 2.41. The van der Waals surface area contributed by atoms with Crippen molar-refractivity contribution in [2.75, 3.05) is 7.11 Å². The van der Waals surface area contributed by atoms with E-state index in [1.165, 1.54) is 7.11 Å². The second-order valence-electron chi connectivity index (χ2n) is 4.15. The summed E-state index contributed by atoms with van der Waals surface area (Å²) in [6.45, 7) is 0. The average Bonchev–Trinajstić information content (AvgIpc) is 2.45. The van der Waals surface area contributed by atoms with Gasteiger partial charge in [0.25, 0.3) is 0 Å². The van der Waals surface area contributed by atoms with Crippen molar-refractivity contribution in [1.29, 1.82) is 0 Å². The third-order valence-corrected chi connectivity index (χ3v) is 3.86. The first-order valence-electron chi connectivity index (χ1n) is 5.76. The minimum Gasteiger partial charge on any atom is -0.495 e. The summed E-state index contributed by atoms with van der Waals surface area (Å²) >= 11 is 41.0. The van der Waals surface area contributed by atoms with Gasteiger partial charge in [-0.2, -0.15) is 0 Å². The third-order valence-electron chi connectivity index (χ3n) is 2.55. The van der Waals surface area contributed by atoms with Crippen LogP contribution in [0.2, 0.25) is 5.02 Å². The van der Waals surface area contributed by atoms with Crippen LogP contribution in [0.4, 0.5) is 0 Å². The first kappa shape index (κ1) is 19.4. The number of aromatic nitrogens is 3. The predicted octanol–water partition coefficient (Wildman–Crippen LogP) is 5.85. The van der Waals surface area contributed by atoms with E-state index >= 15 is 0 Å². The van der Waals surface area contributed by atoms with Gasteiger partial charge in [0.05, 0.1) is 12.1 Å². The zero-order valence-corrected chi connectivity index (χ0v) is 16.4. The lowest BCUT2D eigenvalue weighted by atomic mass is 10.2. The Balaban J connectivity index is 2.64. The molecule has 0 saturated heterocycles. The Labute approximate surface area is 166 Å². The van der Waals surface area contributed by atoms with E-state index in [-0.39, 0.29) is 17.5 Å². The highest BCUT2D eigenvalue weighted by Gasteiger charge is 2.34. The SMILES string of the molecule is COc1ccc(-c2nc(C(Cl)(Cl)Cl)nc(C(Cl)(Cl)Cl)n2)cc1Cl. The summed E-state index contributed by atoms with van der Waals surface area (Å²) in [5, 5.41) is 0.344. The number of halogens is 7. The zero-order valence-electron chi connectivity index (χ0n) is 11.1. The van der Waals surface area contributed by atoms with Crippen molar-refractivity contribution in [2.45, 2.75) is 7.59 Å². The lowest BCUT2D eigenvalue weighted by Crippen LogP contribution is -2.16. The first-order chi connectivity index (χ1) is 10.5. The molecule has 1 aromatic heterocycles. The van der Waals surface area contributed by atoms with Crippen molar-refractivity contribution in [3.63, 3.8) is 0 Å². The fourth-order valence-corrected chi connectivity index (χ4v) is 2.33. The van der Waals surface area contributed by atoms with Crippen LogP contribution in [0, 0.1) is 0 Å². The number of nitrogens with zero attached hydrogens (tertiary/aromatic N) is 3. The van der Waals surface area contributed by atoms with Crippen molar-refractivity contribution in [2.24, 2.45) is 0 Å². The Kier molecular flexibility index (Phi) is 6.00. The summed E-state index contributed by atoms with van der Waals surface area (Å²) < 4.78 is 1.24. The molecule has 124 valence electrons. The van der Waals surface area contributed by atoms with E-state index in [2.05, 4.69) is 15.0 Å². The largest absolute Gasteiger partial charge is 0.495 e. The van der Waals surface area contributed by atoms with E-state index in [4.69, 9.17) is 85.9 Å². The predicted molar refractivity (Wildman–Crippen MR) is 95.3 cm³/mol. The topological polar surface area (TPSA) is 47.9 Å². The van der Waals surface area contributed by atoms with Crippen LogP contribution in [-0.2, 0) is 7.59 Å². The lowest BCUT2D eigenvalue weighted by molar-refractivity contribution is 0.415. The summed E-state index contributed by atoms with van der Waals surface area (Å²) in [6.07, 6.45) is 0. The van der Waals surface area contributed by atoms with Gasteiger partial charge in [-0.15, -0.1) is 0 Å². The van der Waals surface area contributed by atoms with Crippen LogP contribution in [0.1, 0.15) is 11.6 Å². The standard InChI is InChI=1S/C12H6Cl7N3O/c1-23-7-3-2-5(4-6(7)13)8-20-9(11(14,15)16)22-10(21-8)12(17,18)19/h2-4H,1H3. The van der Waals surface area contributed by atoms with Gasteiger partial charge in [0, 0.05) is 5.56 Å². The molecular formula is C12H6Cl7N3O. The van der Waals surface area contributed by atoms with Crippen molar-refractivity contribution in [3.8, 4) is 17.1 Å². The average molecular weight is 456 g/mol. The summed E-state index contributed by atoms with van der Waals surface area (Å²) in [5.74, 6) is 0.251. The zero-order chi connectivity index (χ0) is 17.4. The smallest absolute Gasteiger partial charge is 0.250 e. The molecule has 0 aliphatic rings. The molecule has 0 atom stereocenters. The van der Waals surface area contributed by atoms with Crippen LogP contribution in [0.25, 0.3) is 11.4 Å². The first-order valence-corrected chi connectivity index (χ1v) is 8.41. The van der Waals surface area contributed by atoms with Crippen LogP contribution in [0.3, 0.4) is 0 Å². The molecule has 0 bridgehead atoms. The van der Waals surface area contributed by atoms with E-state index < -0.39 is 7.59 Å². The molecule has 4 nitrogen and oxygen atoms in total. The molecule has 23 heavy (non-hydrogen) atoms. The Bertz CT molecular complexity index is 695. The number of methoxy groups -OCH3 is 1. The molecule has 0 aliphatic heterocycles. The molecule has 0 saturated carbocycles. The summed E-state index contributed by atoms with van der Waals surface area (Å²) in [5.41, 5.74) is 0.504. The Morgan fingerprint density at radius 1 is 0.870 bits per heavy atom. The van der Waals surface area contributed by atoms with E-state index in [1.54, 1.807) is 18.2 Å². The molecule has 1 aromatic carbocycles. The quantitative estimate of drug-likeness (QED) is 0.532. The molecule has 0 aliphatic carbocycles. The maximum atomic E-state index is 6.09. The van der Waals surface area contributed by atoms with Crippen molar-refractivity contribution in [3.05, 3.63) is 34.9 Å². The number of ether oxygens (including phenoxy) is 1. The molecule has 11 heteroatoms. The van der Waals surface area contributed by atoms with Crippen LogP contribution in [0.5, 0.6) is 5.75 Å². The van der Waals surface area contributed by atoms with Gasteiger partial charge < -0.3 is 4.74 Å². The summed E-state index contributed by atoms with van der Waals surface area (Å²) in [6, 6.07) is 4.86. The molecule has 0 amide bonds. The monoisotopic (exact) mass is 453 g/mol. The summed E-state index contributed by atoms with van der Waals surface area (Å²) in [4.78, 5) is 12.1. The lowest BCUT2D eigenvalue weighted by Gasteiger charge is -2.15. The Morgan fingerprint density at radius 2 is 1.39 bits per heavy atom. The maximum absolute atomic E-state index is 6.09. The molecular weight excluding hydrogens is 450 g/mol. The van der Waals surface area contributed by atoms with E-state index in [0.717, 1.165) is 0 Å². The van der Waals surface area contributed by atoms with Gasteiger partial charge in [-0.25, -0.2) is 15.0 Å². The molecule has 0 N–H and O–H groups in total. The normalized spacial score (nSPS) is 12.3. The van der Waals surface area contributed by atoms with Gasteiger partial charge >= 0.3 is 0 Å². The molecule has 0 fully saturated rings. The number of hydrogen-bond acceptors (Lipinski definition) is 4. The van der Waals surface area contributed by atoms with Crippen LogP contribution < -0.4 is 4.74 Å². The maximum Gasteiger partial charge on any atom is 0.250 e. The fraction of sp³-hybridized carbons (Fsp3) is 0.250. The number of hydrogen-bond donors (Lipinski definition) is 0. The molecule has 1 heterocycles. The molecule has 0 unspecified atom stereocenters. The number of alkyl halides is 6. The number of rotatable bonds is 2. The van der Waals surface area contributed by atoms with E-state index in [9.17, 15) is 0 Å². The summed E-state index contributed by atoms with van der Waals surface area (Å²) in [7, 11) is 1.49. The molecule has 2 rings (SSSR count). The van der Waals surface area contributed by atoms with Crippen molar-refractivity contribution in [1.82, 2.24) is 15.0 Å². The molecule has 0 spiro atoms. The van der Waals surface area contributed by atoms with Gasteiger partial charge in [-0.1, -0.05) is 81.2 Å². The van der Waals surface area contributed by atoms with E-state index in [1.807, 2.05) is 0 Å². The van der Waals surface area contributed by atoms with Gasteiger partial charge in [0.2, 0.25) is 7.59 Å². The van der Waals surface area contributed by atoms with Crippen LogP contribution in [0.15, 0.2) is 18.2 Å². The van der Waals surface area contributed by atoms with Gasteiger partial charge in [0.1, 0.15) is 5.75 Å². The van der Waals surface area contributed by atoms with E-state index in [0.29, 0.717) is 16.3 Å². The van der Waals surface area contributed by atoms with Gasteiger partial charge in [-0.05, 0) is 18.2 Å². The van der Waals surface area contributed by atoms with Crippen LogP contribution >= 0.6 is 81.2 Å². The van der Waals surface area contributed by atoms with Crippen molar-refractivity contribution < 1.29 is 4.74 Å². The van der Waals surface area contributed by atoms with Gasteiger partial charge in [0.15, 0.2) is 17.5 Å². The Hall–Kier alpha value is 0.0600. The minimum absolute atomic E-state index is 0.132. The molecule has 0 radical (unpaired) electrons. The number of benzene rings is 1. The van der Waals surface area contributed by atoms with Crippen LogP contribution in [-0.4, -0.2) is 22.1 Å². The third kappa shape index (κ3) is 4.79. The van der Waals surface area contributed by atoms with Crippen molar-refractivity contribution >= 4 is 81.2 Å². The molecule has 2 aromatic rings. The minimum atomic E-state index is -1.92. The highest BCUT2D eigenvalue weighted by molar-refractivity contribution is 6.67.